The first kappa shape index (κ1) is 26.4. The standard InChI is InChI=1S/C19H26F3N5OS.HI/c1-5-23-18(25-11-17-26-16(12-29-17)19(20,21)22)24-10-15(27(2)3)13-6-8-14(28-4)9-7-13;/h6-9,12,15H,5,10-11H2,1-4H3,(H2,23,24,25);1H. The molecule has 1 unspecified atom stereocenters. The van der Waals surface area contributed by atoms with Crippen molar-refractivity contribution in [2.45, 2.75) is 25.7 Å². The molecule has 2 N–H and O–H groups in total. The molecule has 0 aliphatic heterocycles. The van der Waals surface area contributed by atoms with Crippen molar-refractivity contribution in [1.82, 2.24) is 20.5 Å². The second kappa shape index (κ2) is 12.3. The minimum atomic E-state index is -4.43. The van der Waals surface area contributed by atoms with E-state index < -0.39 is 11.9 Å². The highest BCUT2D eigenvalue weighted by molar-refractivity contribution is 14.0. The normalized spacial score (nSPS) is 13.0. The van der Waals surface area contributed by atoms with Crippen LogP contribution in [0.2, 0.25) is 0 Å². The summed E-state index contributed by atoms with van der Waals surface area (Å²) in [7, 11) is 5.59. The number of ether oxygens (including phenoxy) is 1. The predicted octanol–water partition coefficient (Wildman–Crippen LogP) is 4.15. The van der Waals surface area contributed by atoms with Crippen molar-refractivity contribution >= 4 is 41.3 Å². The van der Waals surface area contributed by atoms with Crippen LogP contribution in [0.1, 0.15) is 29.2 Å². The topological polar surface area (TPSA) is 61.8 Å². The molecule has 0 aliphatic rings. The maximum Gasteiger partial charge on any atom is 0.434 e. The van der Waals surface area contributed by atoms with E-state index in [1.807, 2.05) is 45.3 Å². The molecular formula is C19H27F3IN5OS. The summed E-state index contributed by atoms with van der Waals surface area (Å²) in [6.45, 7) is 3.20. The van der Waals surface area contributed by atoms with Gasteiger partial charge in [0, 0.05) is 18.5 Å². The lowest BCUT2D eigenvalue weighted by Crippen LogP contribution is -2.41. The van der Waals surface area contributed by atoms with Crippen molar-refractivity contribution in [1.29, 1.82) is 0 Å². The van der Waals surface area contributed by atoms with Gasteiger partial charge >= 0.3 is 6.18 Å². The summed E-state index contributed by atoms with van der Waals surface area (Å²) in [4.78, 5) is 10.1. The smallest absolute Gasteiger partial charge is 0.434 e. The van der Waals surface area contributed by atoms with E-state index in [2.05, 4.69) is 25.5 Å². The van der Waals surface area contributed by atoms with E-state index in [9.17, 15) is 13.2 Å². The molecule has 1 heterocycles. The fraction of sp³-hybridized carbons (Fsp3) is 0.474. The largest absolute Gasteiger partial charge is 0.497 e. The van der Waals surface area contributed by atoms with E-state index in [1.54, 1.807) is 7.11 Å². The Labute approximate surface area is 196 Å². The first-order valence-electron chi connectivity index (χ1n) is 9.08. The van der Waals surface area contributed by atoms with Gasteiger partial charge in [-0.05, 0) is 38.7 Å². The monoisotopic (exact) mass is 557 g/mol. The molecule has 0 bridgehead atoms. The molecule has 2 rings (SSSR count). The number of methoxy groups -OCH3 is 1. The van der Waals surface area contributed by atoms with Crippen molar-refractivity contribution in [3.05, 3.63) is 45.9 Å². The number of aliphatic imine (C=N–C) groups is 1. The summed E-state index contributed by atoms with van der Waals surface area (Å²) in [6, 6.07) is 7.89. The highest BCUT2D eigenvalue weighted by Crippen LogP contribution is 2.30. The Kier molecular flexibility index (Phi) is 10.8. The van der Waals surface area contributed by atoms with E-state index in [-0.39, 0.29) is 36.6 Å². The predicted molar refractivity (Wildman–Crippen MR) is 125 cm³/mol. The zero-order valence-electron chi connectivity index (χ0n) is 17.3. The number of hydrogen-bond donors (Lipinski definition) is 2. The van der Waals surface area contributed by atoms with Crippen LogP contribution in [0.15, 0.2) is 34.6 Å². The quantitative estimate of drug-likeness (QED) is 0.290. The van der Waals surface area contributed by atoms with Gasteiger partial charge in [-0.15, -0.1) is 35.3 Å². The summed E-state index contributed by atoms with van der Waals surface area (Å²) >= 11 is 0.952. The van der Waals surface area contributed by atoms with Gasteiger partial charge in [-0.3, -0.25) is 0 Å². The SMILES string of the molecule is CCNC(=NCc1nc(C(F)(F)F)cs1)NCC(c1ccc(OC)cc1)N(C)C.I. The number of thiazole rings is 1. The van der Waals surface area contributed by atoms with Crippen LogP contribution >= 0.6 is 35.3 Å². The van der Waals surface area contributed by atoms with Gasteiger partial charge in [0.25, 0.3) is 0 Å². The molecule has 0 saturated heterocycles. The van der Waals surface area contributed by atoms with Crippen LogP contribution in [-0.2, 0) is 12.7 Å². The number of rotatable bonds is 8. The van der Waals surface area contributed by atoms with Crippen LogP contribution in [-0.4, -0.2) is 50.1 Å². The molecule has 1 aromatic carbocycles. The van der Waals surface area contributed by atoms with Gasteiger partial charge < -0.3 is 20.3 Å². The summed E-state index contributed by atoms with van der Waals surface area (Å²) in [6.07, 6.45) is -4.43. The Morgan fingerprint density at radius 3 is 2.40 bits per heavy atom. The lowest BCUT2D eigenvalue weighted by molar-refractivity contribution is -0.140. The van der Waals surface area contributed by atoms with E-state index in [4.69, 9.17) is 4.74 Å². The highest BCUT2D eigenvalue weighted by atomic mass is 127. The summed E-state index contributed by atoms with van der Waals surface area (Å²) in [5.74, 6) is 1.31. The molecule has 30 heavy (non-hydrogen) atoms. The summed E-state index contributed by atoms with van der Waals surface area (Å²) in [5.41, 5.74) is 0.228. The maximum atomic E-state index is 12.7. The lowest BCUT2D eigenvalue weighted by atomic mass is 10.1. The van der Waals surface area contributed by atoms with Crippen molar-refractivity contribution in [2.75, 3.05) is 34.3 Å². The Morgan fingerprint density at radius 1 is 1.23 bits per heavy atom. The number of benzene rings is 1. The summed E-state index contributed by atoms with van der Waals surface area (Å²) in [5, 5.41) is 7.69. The van der Waals surface area contributed by atoms with Crippen LogP contribution in [0.25, 0.3) is 0 Å². The molecule has 0 amide bonds. The second-order valence-corrected chi connectivity index (χ2v) is 7.40. The number of guanidine groups is 1. The molecular weight excluding hydrogens is 530 g/mol. The third kappa shape index (κ3) is 7.91. The van der Waals surface area contributed by atoms with Crippen LogP contribution < -0.4 is 15.4 Å². The number of nitrogens with zero attached hydrogens (tertiary/aromatic N) is 3. The number of alkyl halides is 3. The fourth-order valence-electron chi connectivity index (χ4n) is 2.62. The molecule has 0 radical (unpaired) electrons. The van der Waals surface area contributed by atoms with Gasteiger partial charge in [-0.2, -0.15) is 13.2 Å². The highest BCUT2D eigenvalue weighted by Gasteiger charge is 2.33. The zero-order chi connectivity index (χ0) is 21.4. The number of hydrogen-bond acceptors (Lipinski definition) is 5. The Hall–Kier alpha value is -1.60. The van der Waals surface area contributed by atoms with E-state index in [0.717, 1.165) is 28.0 Å². The minimum absolute atomic E-state index is 0. The molecule has 0 saturated carbocycles. The molecule has 0 spiro atoms. The number of likely N-dealkylation sites (N-methyl/N-ethyl adjacent to an activating group) is 1. The van der Waals surface area contributed by atoms with Crippen molar-refractivity contribution in [3.63, 3.8) is 0 Å². The first-order chi connectivity index (χ1) is 13.7. The molecule has 1 aromatic heterocycles. The molecule has 11 heteroatoms. The Balaban J connectivity index is 0.00000450. The van der Waals surface area contributed by atoms with E-state index >= 15 is 0 Å². The number of nitrogens with one attached hydrogen (secondary N) is 2. The van der Waals surface area contributed by atoms with Gasteiger partial charge in [0.1, 0.15) is 10.8 Å². The first-order valence-corrected chi connectivity index (χ1v) is 9.96. The van der Waals surface area contributed by atoms with Gasteiger partial charge in [-0.25, -0.2) is 9.98 Å². The average molecular weight is 557 g/mol. The third-order valence-electron chi connectivity index (χ3n) is 4.15. The molecule has 2 aromatic rings. The Bertz CT molecular complexity index is 796. The van der Waals surface area contributed by atoms with Gasteiger partial charge in [0.05, 0.1) is 19.7 Å². The minimum Gasteiger partial charge on any atom is -0.497 e. The van der Waals surface area contributed by atoms with Crippen LogP contribution in [0.5, 0.6) is 5.75 Å². The van der Waals surface area contributed by atoms with Gasteiger partial charge in [0.2, 0.25) is 0 Å². The molecule has 0 aliphatic carbocycles. The van der Waals surface area contributed by atoms with Crippen LogP contribution in [0, 0.1) is 0 Å². The molecule has 6 nitrogen and oxygen atoms in total. The number of halogens is 4. The van der Waals surface area contributed by atoms with E-state index in [0.29, 0.717) is 24.1 Å². The molecule has 168 valence electrons. The number of aromatic nitrogens is 1. The molecule has 1 atom stereocenters. The molecule has 0 fully saturated rings. The van der Waals surface area contributed by atoms with Crippen molar-refractivity contribution in [2.24, 2.45) is 4.99 Å². The maximum absolute atomic E-state index is 12.7. The lowest BCUT2D eigenvalue weighted by Gasteiger charge is -2.26. The third-order valence-corrected chi connectivity index (χ3v) is 4.98. The Morgan fingerprint density at radius 2 is 1.90 bits per heavy atom. The van der Waals surface area contributed by atoms with Crippen LogP contribution in [0.4, 0.5) is 13.2 Å². The zero-order valence-corrected chi connectivity index (χ0v) is 20.4. The van der Waals surface area contributed by atoms with Crippen molar-refractivity contribution in [3.8, 4) is 5.75 Å². The van der Waals surface area contributed by atoms with Gasteiger partial charge in [0.15, 0.2) is 11.7 Å². The average Bonchev–Trinajstić information content (AvgIpc) is 3.16. The van der Waals surface area contributed by atoms with Crippen molar-refractivity contribution < 1.29 is 17.9 Å². The van der Waals surface area contributed by atoms with Gasteiger partial charge in [-0.1, -0.05) is 12.1 Å². The fourth-order valence-corrected chi connectivity index (χ4v) is 3.34. The van der Waals surface area contributed by atoms with Crippen LogP contribution in [0.3, 0.4) is 0 Å². The summed E-state index contributed by atoms with van der Waals surface area (Å²) < 4.78 is 43.3. The second-order valence-electron chi connectivity index (χ2n) is 6.45. The van der Waals surface area contributed by atoms with E-state index in [1.165, 1.54) is 0 Å².